The van der Waals surface area contributed by atoms with Crippen molar-refractivity contribution in [3.05, 3.63) is 32.5 Å². The van der Waals surface area contributed by atoms with Crippen molar-refractivity contribution in [2.75, 3.05) is 0 Å². The third kappa shape index (κ3) is 1.53. The monoisotopic (exact) mass is 244 g/mol. The molecule has 0 bridgehead atoms. The van der Waals surface area contributed by atoms with E-state index in [-0.39, 0.29) is 5.56 Å². The summed E-state index contributed by atoms with van der Waals surface area (Å²) in [4.78, 5) is 10.6. The van der Waals surface area contributed by atoms with E-state index in [2.05, 4.69) is 15.9 Å². The lowest BCUT2D eigenvalue weighted by atomic mass is 10.0. The zero-order valence-electron chi connectivity index (χ0n) is 7.74. The molecule has 0 N–H and O–H groups in total. The van der Waals surface area contributed by atoms with Crippen molar-refractivity contribution in [3.8, 4) is 0 Å². The van der Waals surface area contributed by atoms with Gasteiger partial charge in [-0.1, -0.05) is 0 Å². The Labute approximate surface area is 85.1 Å². The van der Waals surface area contributed by atoms with Crippen LogP contribution in [0.25, 0.3) is 0 Å². The number of rotatable bonds is 1. The first-order valence-corrected chi connectivity index (χ1v) is 4.70. The van der Waals surface area contributed by atoms with Crippen molar-refractivity contribution in [1.29, 1.82) is 0 Å². The Balaban J connectivity index is 3.66. The highest BCUT2D eigenvalue weighted by Gasteiger charge is 2.14. The van der Waals surface area contributed by atoms with Crippen molar-refractivity contribution in [3.63, 3.8) is 0 Å². The standard InChI is InChI=1S/C10H10BrFO/c1-5-6(2)9(11)8(4-13)10(12)7(5)3/h4H,1-3H3. The molecule has 0 saturated heterocycles. The first-order chi connectivity index (χ1) is 6.00. The average molecular weight is 245 g/mol. The van der Waals surface area contributed by atoms with E-state index in [1.807, 2.05) is 13.8 Å². The summed E-state index contributed by atoms with van der Waals surface area (Å²) >= 11 is 3.20. The number of hydrogen-bond acceptors (Lipinski definition) is 1. The lowest BCUT2D eigenvalue weighted by Gasteiger charge is -2.10. The Morgan fingerprint density at radius 3 is 2.15 bits per heavy atom. The molecule has 1 aromatic carbocycles. The number of carbonyl (C=O) groups excluding carboxylic acids is 1. The van der Waals surface area contributed by atoms with Gasteiger partial charge in [-0.05, 0) is 53.4 Å². The van der Waals surface area contributed by atoms with Crippen molar-refractivity contribution in [2.24, 2.45) is 0 Å². The molecule has 0 amide bonds. The normalized spacial score (nSPS) is 10.2. The molecule has 0 atom stereocenters. The molecule has 1 nitrogen and oxygen atoms in total. The van der Waals surface area contributed by atoms with Crippen LogP contribution in [0.5, 0.6) is 0 Å². The smallest absolute Gasteiger partial charge is 0.154 e. The Bertz CT molecular complexity index is 343. The van der Waals surface area contributed by atoms with E-state index in [4.69, 9.17) is 0 Å². The molecule has 1 aromatic rings. The van der Waals surface area contributed by atoms with Crippen LogP contribution in [-0.4, -0.2) is 6.29 Å². The van der Waals surface area contributed by atoms with Crippen LogP contribution < -0.4 is 0 Å². The Morgan fingerprint density at radius 2 is 1.69 bits per heavy atom. The van der Waals surface area contributed by atoms with Gasteiger partial charge in [0.25, 0.3) is 0 Å². The van der Waals surface area contributed by atoms with Crippen molar-refractivity contribution < 1.29 is 9.18 Å². The van der Waals surface area contributed by atoms with Gasteiger partial charge in [0.15, 0.2) is 6.29 Å². The van der Waals surface area contributed by atoms with Gasteiger partial charge in [0, 0.05) is 4.47 Å². The van der Waals surface area contributed by atoms with E-state index >= 15 is 0 Å². The van der Waals surface area contributed by atoms with Gasteiger partial charge in [-0.15, -0.1) is 0 Å². The summed E-state index contributed by atoms with van der Waals surface area (Å²) in [6, 6.07) is 0. The summed E-state index contributed by atoms with van der Waals surface area (Å²) in [5.74, 6) is -0.426. The molecule has 0 spiro atoms. The van der Waals surface area contributed by atoms with E-state index in [0.717, 1.165) is 11.1 Å². The van der Waals surface area contributed by atoms with Gasteiger partial charge in [0.05, 0.1) is 5.56 Å². The summed E-state index contributed by atoms with van der Waals surface area (Å²) < 4.78 is 14.0. The van der Waals surface area contributed by atoms with Crippen LogP contribution in [-0.2, 0) is 0 Å². The largest absolute Gasteiger partial charge is 0.298 e. The molecular formula is C10H10BrFO. The zero-order chi connectivity index (χ0) is 10.2. The number of hydrogen-bond donors (Lipinski definition) is 0. The van der Waals surface area contributed by atoms with E-state index in [0.29, 0.717) is 16.3 Å². The quantitative estimate of drug-likeness (QED) is 0.693. The number of benzene rings is 1. The first kappa shape index (κ1) is 10.4. The minimum atomic E-state index is -0.426. The van der Waals surface area contributed by atoms with Crippen molar-refractivity contribution >= 4 is 22.2 Å². The van der Waals surface area contributed by atoms with Gasteiger partial charge >= 0.3 is 0 Å². The van der Waals surface area contributed by atoms with E-state index < -0.39 is 5.82 Å². The first-order valence-electron chi connectivity index (χ1n) is 3.90. The second-order valence-corrected chi connectivity index (χ2v) is 3.83. The van der Waals surface area contributed by atoms with Crippen molar-refractivity contribution in [2.45, 2.75) is 20.8 Å². The Kier molecular flexibility index (Phi) is 2.86. The van der Waals surface area contributed by atoms with Gasteiger partial charge in [-0.25, -0.2) is 4.39 Å². The molecule has 0 aliphatic rings. The molecule has 13 heavy (non-hydrogen) atoms. The second kappa shape index (κ2) is 3.58. The third-order valence-corrected chi connectivity index (χ3v) is 3.40. The van der Waals surface area contributed by atoms with Crippen LogP contribution in [0.3, 0.4) is 0 Å². The lowest BCUT2D eigenvalue weighted by Crippen LogP contribution is -2.00. The van der Waals surface area contributed by atoms with Gasteiger partial charge in [0.1, 0.15) is 5.82 Å². The maximum atomic E-state index is 13.4. The van der Waals surface area contributed by atoms with Gasteiger partial charge in [-0.2, -0.15) is 0 Å². The molecule has 0 radical (unpaired) electrons. The highest BCUT2D eigenvalue weighted by atomic mass is 79.9. The van der Waals surface area contributed by atoms with Crippen LogP contribution in [0.2, 0.25) is 0 Å². The molecule has 70 valence electrons. The average Bonchev–Trinajstić information content (AvgIpc) is 2.13. The second-order valence-electron chi connectivity index (χ2n) is 3.03. The fraction of sp³-hybridized carbons (Fsp3) is 0.300. The molecule has 0 aliphatic heterocycles. The summed E-state index contributed by atoms with van der Waals surface area (Å²) in [5, 5.41) is 0. The number of halogens is 2. The molecule has 0 aromatic heterocycles. The predicted octanol–water partition coefficient (Wildman–Crippen LogP) is 3.33. The summed E-state index contributed by atoms with van der Waals surface area (Å²) in [5.41, 5.74) is 2.46. The maximum absolute atomic E-state index is 13.4. The van der Waals surface area contributed by atoms with E-state index in [1.165, 1.54) is 0 Å². The molecular weight excluding hydrogens is 235 g/mol. The van der Waals surface area contributed by atoms with Crippen LogP contribution in [0.1, 0.15) is 27.0 Å². The van der Waals surface area contributed by atoms with Crippen LogP contribution in [0, 0.1) is 26.6 Å². The summed E-state index contributed by atoms with van der Waals surface area (Å²) in [6.45, 7) is 5.38. The van der Waals surface area contributed by atoms with E-state index in [9.17, 15) is 9.18 Å². The Hall–Kier alpha value is -0.700. The number of aldehydes is 1. The highest BCUT2D eigenvalue weighted by molar-refractivity contribution is 9.10. The molecule has 0 fully saturated rings. The van der Waals surface area contributed by atoms with Gasteiger partial charge < -0.3 is 0 Å². The molecule has 0 unspecified atom stereocenters. The third-order valence-electron chi connectivity index (χ3n) is 2.37. The van der Waals surface area contributed by atoms with Gasteiger partial charge in [-0.3, -0.25) is 4.79 Å². The fourth-order valence-electron chi connectivity index (χ4n) is 1.21. The Morgan fingerprint density at radius 1 is 1.15 bits per heavy atom. The van der Waals surface area contributed by atoms with Crippen LogP contribution in [0.4, 0.5) is 4.39 Å². The predicted molar refractivity (Wildman–Crippen MR) is 53.7 cm³/mol. The molecule has 0 heterocycles. The van der Waals surface area contributed by atoms with Gasteiger partial charge in [0.2, 0.25) is 0 Å². The zero-order valence-corrected chi connectivity index (χ0v) is 9.33. The lowest BCUT2D eigenvalue weighted by molar-refractivity contribution is 0.111. The van der Waals surface area contributed by atoms with Crippen LogP contribution >= 0.6 is 15.9 Å². The number of carbonyl (C=O) groups is 1. The fourth-order valence-corrected chi connectivity index (χ4v) is 1.78. The maximum Gasteiger partial charge on any atom is 0.154 e. The topological polar surface area (TPSA) is 17.1 Å². The molecule has 0 aliphatic carbocycles. The minimum Gasteiger partial charge on any atom is -0.298 e. The molecule has 3 heteroatoms. The van der Waals surface area contributed by atoms with E-state index in [1.54, 1.807) is 6.92 Å². The van der Waals surface area contributed by atoms with Crippen molar-refractivity contribution in [1.82, 2.24) is 0 Å². The SMILES string of the molecule is Cc1c(C)c(F)c(C=O)c(Br)c1C. The summed E-state index contributed by atoms with van der Waals surface area (Å²) in [7, 11) is 0. The molecule has 0 saturated carbocycles. The van der Waals surface area contributed by atoms with Crippen LogP contribution in [0.15, 0.2) is 4.47 Å². The molecule has 1 rings (SSSR count). The summed E-state index contributed by atoms with van der Waals surface area (Å²) in [6.07, 6.45) is 0.541. The highest BCUT2D eigenvalue weighted by Crippen LogP contribution is 2.28. The minimum absolute atomic E-state index is 0.112.